The maximum Gasteiger partial charge on any atom is 0.321 e. The zero-order valence-electron chi connectivity index (χ0n) is 10.9. The number of rotatable bonds is 6. The Bertz CT molecular complexity index is 554. The van der Waals surface area contributed by atoms with Crippen molar-refractivity contribution in [3.8, 4) is 0 Å². The number of hydrogen-bond acceptors (Lipinski definition) is 2. The Morgan fingerprint density at radius 2 is 1.70 bits per heavy atom. The summed E-state index contributed by atoms with van der Waals surface area (Å²) in [6.07, 6.45) is 0.479. The van der Waals surface area contributed by atoms with Gasteiger partial charge in [-0.3, -0.25) is 4.79 Å². The topological polar surface area (TPSA) is 49.3 Å². The van der Waals surface area contributed by atoms with Gasteiger partial charge in [-0.25, -0.2) is 0 Å². The fourth-order valence-electron chi connectivity index (χ4n) is 1.94. The number of benzene rings is 2. The van der Waals surface area contributed by atoms with Crippen LogP contribution in [0.2, 0.25) is 0 Å². The molecule has 0 bridgehead atoms. The van der Waals surface area contributed by atoms with Crippen molar-refractivity contribution in [1.82, 2.24) is 5.32 Å². The van der Waals surface area contributed by atoms with E-state index >= 15 is 0 Å². The molecule has 0 saturated carbocycles. The maximum atomic E-state index is 11.3. The second-order valence-electron chi connectivity index (χ2n) is 4.59. The second-order valence-corrected chi connectivity index (χ2v) is 5.50. The molecule has 2 aromatic carbocycles. The number of carboxylic acid groups (broad SMARTS) is 1. The van der Waals surface area contributed by atoms with Crippen LogP contribution in [-0.4, -0.2) is 17.1 Å². The number of carboxylic acids is 1. The summed E-state index contributed by atoms with van der Waals surface area (Å²) >= 11 is 3.38. The quantitative estimate of drug-likeness (QED) is 0.853. The largest absolute Gasteiger partial charge is 0.480 e. The van der Waals surface area contributed by atoms with Crippen molar-refractivity contribution in [2.24, 2.45) is 0 Å². The lowest BCUT2D eigenvalue weighted by Gasteiger charge is -2.14. The first-order valence-electron chi connectivity index (χ1n) is 6.40. The SMILES string of the molecule is O=C(O)[C@H](Cc1ccccc1)NCc1ccc(Br)cc1. The molecule has 0 fully saturated rings. The highest BCUT2D eigenvalue weighted by Crippen LogP contribution is 2.11. The molecule has 0 aliphatic rings. The van der Waals surface area contributed by atoms with Crippen LogP contribution in [0.5, 0.6) is 0 Å². The minimum absolute atomic E-state index is 0.479. The summed E-state index contributed by atoms with van der Waals surface area (Å²) in [5, 5.41) is 12.4. The van der Waals surface area contributed by atoms with Crippen LogP contribution in [0, 0.1) is 0 Å². The Balaban J connectivity index is 1.96. The van der Waals surface area contributed by atoms with Crippen LogP contribution in [0.25, 0.3) is 0 Å². The Labute approximate surface area is 126 Å². The van der Waals surface area contributed by atoms with Crippen LogP contribution in [0.4, 0.5) is 0 Å². The molecule has 0 amide bonds. The van der Waals surface area contributed by atoms with Crippen LogP contribution in [-0.2, 0) is 17.8 Å². The summed E-state index contributed by atoms with van der Waals surface area (Å²) in [4.78, 5) is 11.3. The Morgan fingerprint density at radius 1 is 1.05 bits per heavy atom. The molecule has 0 aliphatic carbocycles. The molecule has 4 heteroatoms. The van der Waals surface area contributed by atoms with E-state index in [9.17, 15) is 9.90 Å². The van der Waals surface area contributed by atoms with Crippen molar-refractivity contribution in [3.05, 3.63) is 70.2 Å². The van der Waals surface area contributed by atoms with E-state index in [-0.39, 0.29) is 0 Å². The van der Waals surface area contributed by atoms with Crippen LogP contribution >= 0.6 is 15.9 Å². The molecule has 20 heavy (non-hydrogen) atoms. The highest BCUT2D eigenvalue weighted by Gasteiger charge is 2.16. The molecule has 0 aliphatic heterocycles. The molecule has 2 N–H and O–H groups in total. The first-order chi connectivity index (χ1) is 9.65. The van der Waals surface area contributed by atoms with Gasteiger partial charge in [0.1, 0.15) is 6.04 Å². The molecule has 3 nitrogen and oxygen atoms in total. The van der Waals surface area contributed by atoms with E-state index in [4.69, 9.17) is 0 Å². The lowest BCUT2D eigenvalue weighted by Crippen LogP contribution is -2.38. The lowest BCUT2D eigenvalue weighted by atomic mass is 10.1. The van der Waals surface area contributed by atoms with Gasteiger partial charge in [-0.15, -0.1) is 0 Å². The number of carbonyl (C=O) groups is 1. The molecule has 0 saturated heterocycles. The summed E-state index contributed by atoms with van der Waals surface area (Å²) < 4.78 is 1.01. The van der Waals surface area contributed by atoms with Gasteiger partial charge in [-0.1, -0.05) is 58.4 Å². The van der Waals surface area contributed by atoms with Gasteiger partial charge in [-0.2, -0.15) is 0 Å². The fraction of sp³-hybridized carbons (Fsp3) is 0.188. The number of aliphatic carboxylic acids is 1. The van der Waals surface area contributed by atoms with Crippen LogP contribution in [0.1, 0.15) is 11.1 Å². The van der Waals surface area contributed by atoms with Crippen molar-refractivity contribution >= 4 is 21.9 Å². The molecule has 104 valence electrons. The molecular weight excluding hydrogens is 318 g/mol. The van der Waals surface area contributed by atoms with E-state index in [1.54, 1.807) is 0 Å². The van der Waals surface area contributed by atoms with Crippen LogP contribution in [0.15, 0.2) is 59.1 Å². The standard InChI is InChI=1S/C16H16BrNO2/c17-14-8-6-13(7-9-14)11-18-15(16(19)20)10-12-4-2-1-3-5-12/h1-9,15,18H,10-11H2,(H,19,20)/t15-/m0/s1. The number of halogens is 1. The van der Waals surface area contributed by atoms with Gasteiger partial charge in [0.15, 0.2) is 0 Å². The van der Waals surface area contributed by atoms with Gasteiger partial charge in [0.05, 0.1) is 0 Å². The van der Waals surface area contributed by atoms with E-state index in [2.05, 4.69) is 21.2 Å². The third kappa shape index (κ3) is 4.47. The molecule has 1 atom stereocenters. The molecular formula is C16H16BrNO2. The van der Waals surface area contributed by atoms with Gasteiger partial charge in [0, 0.05) is 11.0 Å². The average Bonchev–Trinajstić information content (AvgIpc) is 2.46. The fourth-order valence-corrected chi connectivity index (χ4v) is 2.20. The van der Waals surface area contributed by atoms with E-state index in [1.165, 1.54) is 0 Å². The van der Waals surface area contributed by atoms with E-state index < -0.39 is 12.0 Å². The average molecular weight is 334 g/mol. The molecule has 0 spiro atoms. The minimum Gasteiger partial charge on any atom is -0.480 e. The van der Waals surface area contributed by atoms with Crippen molar-refractivity contribution in [1.29, 1.82) is 0 Å². The zero-order chi connectivity index (χ0) is 14.4. The van der Waals surface area contributed by atoms with Crippen LogP contribution in [0.3, 0.4) is 0 Å². The Hall–Kier alpha value is -1.65. The van der Waals surface area contributed by atoms with Crippen molar-refractivity contribution in [2.75, 3.05) is 0 Å². The van der Waals surface area contributed by atoms with E-state index in [1.807, 2.05) is 54.6 Å². The Morgan fingerprint density at radius 3 is 2.30 bits per heavy atom. The van der Waals surface area contributed by atoms with Crippen molar-refractivity contribution in [2.45, 2.75) is 19.0 Å². The molecule has 0 heterocycles. The third-order valence-corrected chi connectivity index (χ3v) is 3.58. The molecule has 2 aromatic rings. The van der Waals surface area contributed by atoms with E-state index in [0.29, 0.717) is 13.0 Å². The normalized spacial score (nSPS) is 12.1. The molecule has 2 rings (SSSR count). The predicted molar refractivity (Wildman–Crippen MR) is 82.6 cm³/mol. The monoisotopic (exact) mass is 333 g/mol. The van der Waals surface area contributed by atoms with E-state index in [0.717, 1.165) is 15.6 Å². The molecule has 0 aromatic heterocycles. The third-order valence-electron chi connectivity index (χ3n) is 3.05. The zero-order valence-corrected chi connectivity index (χ0v) is 12.5. The molecule has 0 radical (unpaired) electrons. The number of hydrogen-bond donors (Lipinski definition) is 2. The summed E-state index contributed by atoms with van der Waals surface area (Å²) in [6, 6.07) is 16.9. The highest BCUT2D eigenvalue weighted by atomic mass is 79.9. The van der Waals surface area contributed by atoms with Gasteiger partial charge in [0.25, 0.3) is 0 Å². The summed E-state index contributed by atoms with van der Waals surface area (Å²) in [6.45, 7) is 0.539. The highest BCUT2D eigenvalue weighted by molar-refractivity contribution is 9.10. The van der Waals surface area contributed by atoms with Crippen molar-refractivity contribution in [3.63, 3.8) is 0 Å². The smallest absolute Gasteiger partial charge is 0.321 e. The minimum atomic E-state index is -0.828. The Kier molecular flexibility index (Phi) is 5.32. The first kappa shape index (κ1) is 14.8. The van der Waals surface area contributed by atoms with Gasteiger partial charge < -0.3 is 10.4 Å². The van der Waals surface area contributed by atoms with Crippen LogP contribution < -0.4 is 5.32 Å². The summed E-state index contributed by atoms with van der Waals surface area (Å²) in [5.74, 6) is -0.828. The first-order valence-corrected chi connectivity index (χ1v) is 7.19. The maximum absolute atomic E-state index is 11.3. The van der Waals surface area contributed by atoms with Gasteiger partial charge in [0.2, 0.25) is 0 Å². The van der Waals surface area contributed by atoms with Gasteiger partial charge in [-0.05, 0) is 29.7 Å². The summed E-state index contributed by atoms with van der Waals surface area (Å²) in [5.41, 5.74) is 2.08. The second kappa shape index (κ2) is 7.22. The van der Waals surface area contributed by atoms with Crippen molar-refractivity contribution < 1.29 is 9.90 Å². The lowest BCUT2D eigenvalue weighted by molar-refractivity contribution is -0.139. The summed E-state index contributed by atoms with van der Waals surface area (Å²) in [7, 11) is 0. The molecule has 0 unspecified atom stereocenters. The predicted octanol–water partition coefficient (Wildman–Crippen LogP) is 3.23. The van der Waals surface area contributed by atoms with Gasteiger partial charge >= 0.3 is 5.97 Å². The number of nitrogens with one attached hydrogen (secondary N) is 1.